The van der Waals surface area contributed by atoms with Gasteiger partial charge in [-0.1, -0.05) is 23.9 Å². The van der Waals surface area contributed by atoms with Crippen LogP contribution in [0.15, 0.2) is 47.9 Å². The molecular formula is C21H22N4O2S. The van der Waals surface area contributed by atoms with Gasteiger partial charge in [-0.3, -0.25) is 14.3 Å². The summed E-state index contributed by atoms with van der Waals surface area (Å²) >= 11 is 1.42. The molecule has 0 aliphatic heterocycles. The summed E-state index contributed by atoms with van der Waals surface area (Å²) in [7, 11) is 1.67. The first-order valence-electron chi connectivity index (χ1n) is 9.36. The average Bonchev–Trinajstić information content (AvgIpc) is 3.37. The first-order chi connectivity index (χ1) is 13.8. The number of aromatic nitrogens is 4. The Bertz CT molecular complexity index is 972. The first kappa shape index (κ1) is 18.8. The van der Waals surface area contributed by atoms with E-state index in [4.69, 9.17) is 4.74 Å². The lowest BCUT2D eigenvalue weighted by molar-refractivity contribution is 0.102. The lowest BCUT2D eigenvalue weighted by Crippen LogP contribution is -2.09. The normalized spacial score (nSPS) is 12.9. The summed E-state index contributed by atoms with van der Waals surface area (Å²) in [6.45, 7) is 1.17. The molecule has 1 aromatic carbocycles. The number of hydrogen-bond donors (Lipinski definition) is 0. The van der Waals surface area contributed by atoms with Crippen molar-refractivity contribution < 1.29 is 9.53 Å². The second-order valence-electron chi connectivity index (χ2n) is 6.74. The van der Waals surface area contributed by atoms with Gasteiger partial charge in [0.1, 0.15) is 0 Å². The highest BCUT2D eigenvalue weighted by atomic mass is 32.2. The third-order valence-electron chi connectivity index (χ3n) is 4.93. The van der Waals surface area contributed by atoms with E-state index in [0.29, 0.717) is 18.9 Å². The number of methoxy groups -OCH3 is 1. The van der Waals surface area contributed by atoms with Gasteiger partial charge in [-0.2, -0.15) is 0 Å². The smallest absolute Gasteiger partial charge is 0.192 e. The fourth-order valence-electron chi connectivity index (χ4n) is 3.45. The molecule has 0 amide bonds. The van der Waals surface area contributed by atoms with E-state index in [1.807, 2.05) is 22.8 Å². The van der Waals surface area contributed by atoms with E-state index < -0.39 is 0 Å². The Kier molecular flexibility index (Phi) is 5.83. The zero-order valence-electron chi connectivity index (χ0n) is 15.8. The van der Waals surface area contributed by atoms with Gasteiger partial charge in [-0.05, 0) is 48.6 Å². The molecule has 0 N–H and O–H groups in total. The molecule has 0 saturated heterocycles. The molecule has 0 spiro atoms. The molecule has 0 radical (unpaired) electrons. The van der Waals surface area contributed by atoms with E-state index >= 15 is 0 Å². The highest BCUT2D eigenvalue weighted by Gasteiger charge is 2.18. The minimum absolute atomic E-state index is 0.117. The number of nitrogens with zero attached hydrogens (tertiary/aromatic N) is 4. The van der Waals surface area contributed by atoms with Crippen molar-refractivity contribution in [1.82, 2.24) is 19.7 Å². The summed E-state index contributed by atoms with van der Waals surface area (Å²) in [4.78, 5) is 16.8. The van der Waals surface area contributed by atoms with Gasteiger partial charge in [0, 0.05) is 30.6 Å². The van der Waals surface area contributed by atoms with E-state index in [1.54, 1.807) is 19.5 Å². The van der Waals surface area contributed by atoms with Crippen LogP contribution in [0.3, 0.4) is 0 Å². The van der Waals surface area contributed by atoms with Crippen LogP contribution in [0.4, 0.5) is 0 Å². The number of ketones is 1. The Morgan fingerprint density at radius 2 is 1.96 bits per heavy atom. The molecule has 7 heteroatoms. The summed E-state index contributed by atoms with van der Waals surface area (Å²) in [5.41, 5.74) is 4.42. The zero-order valence-corrected chi connectivity index (χ0v) is 16.6. The molecule has 28 heavy (non-hydrogen) atoms. The van der Waals surface area contributed by atoms with Crippen LogP contribution in [0.2, 0.25) is 0 Å². The molecule has 6 nitrogen and oxygen atoms in total. The molecule has 1 aliphatic rings. The van der Waals surface area contributed by atoms with Crippen LogP contribution < -0.4 is 0 Å². The van der Waals surface area contributed by atoms with Crippen LogP contribution in [-0.2, 0) is 24.1 Å². The Balaban J connectivity index is 1.51. The number of carbonyl (C=O) groups is 1. The van der Waals surface area contributed by atoms with Gasteiger partial charge in [0.25, 0.3) is 0 Å². The molecule has 4 rings (SSSR count). The van der Waals surface area contributed by atoms with E-state index in [0.717, 1.165) is 34.9 Å². The monoisotopic (exact) mass is 394 g/mol. The Hall–Kier alpha value is -2.51. The van der Waals surface area contributed by atoms with Crippen LogP contribution in [0.5, 0.6) is 0 Å². The number of thioether (sulfide) groups is 1. The number of benzene rings is 1. The fourth-order valence-corrected chi connectivity index (χ4v) is 4.31. The standard InChI is InChI=1S/C21H22N4O2S/c1-27-12-11-25-20(16-7-9-22-10-8-16)23-24-21(25)28-14-19(26)18-6-5-15-3-2-4-17(15)13-18/h5-10,13H,2-4,11-12,14H2,1H3. The molecule has 0 atom stereocenters. The van der Waals surface area contributed by atoms with Crippen molar-refractivity contribution in [3.05, 3.63) is 59.4 Å². The van der Waals surface area contributed by atoms with Crippen LogP contribution in [0.1, 0.15) is 27.9 Å². The van der Waals surface area contributed by atoms with Gasteiger partial charge < -0.3 is 4.74 Å². The number of pyridine rings is 1. The topological polar surface area (TPSA) is 69.9 Å². The number of aryl methyl sites for hydroxylation is 2. The second-order valence-corrected chi connectivity index (χ2v) is 7.68. The summed E-state index contributed by atoms with van der Waals surface area (Å²) in [5, 5.41) is 9.37. The van der Waals surface area contributed by atoms with Gasteiger partial charge in [-0.25, -0.2) is 0 Å². The van der Waals surface area contributed by atoms with Crippen molar-refractivity contribution in [2.45, 2.75) is 31.0 Å². The van der Waals surface area contributed by atoms with Crippen molar-refractivity contribution in [2.24, 2.45) is 0 Å². The fraction of sp³-hybridized carbons (Fsp3) is 0.333. The van der Waals surface area contributed by atoms with Gasteiger partial charge in [0.05, 0.1) is 18.9 Å². The lowest BCUT2D eigenvalue weighted by atomic mass is 10.0. The number of ether oxygens (including phenoxy) is 1. The van der Waals surface area contributed by atoms with Crippen molar-refractivity contribution in [3.63, 3.8) is 0 Å². The quantitative estimate of drug-likeness (QED) is 0.431. The van der Waals surface area contributed by atoms with Gasteiger partial charge in [-0.15, -0.1) is 10.2 Å². The maximum atomic E-state index is 12.7. The third-order valence-corrected chi connectivity index (χ3v) is 5.89. The predicted molar refractivity (Wildman–Crippen MR) is 109 cm³/mol. The number of rotatable bonds is 8. The van der Waals surface area contributed by atoms with E-state index in [-0.39, 0.29) is 5.78 Å². The molecular weight excluding hydrogens is 372 g/mol. The second kappa shape index (κ2) is 8.67. The molecule has 0 saturated carbocycles. The number of hydrogen-bond acceptors (Lipinski definition) is 6. The third kappa shape index (κ3) is 4.00. The van der Waals surface area contributed by atoms with Gasteiger partial charge >= 0.3 is 0 Å². The minimum atomic E-state index is 0.117. The van der Waals surface area contributed by atoms with E-state index in [2.05, 4.69) is 27.3 Å². The Morgan fingerprint density at radius 3 is 2.79 bits per heavy atom. The summed E-state index contributed by atoms with van der Waals surface area (Å²) < 4.78 is 7.23. The van der Waals surface area contributed by atoms with Crippen molar-refractivity contribution in [2.75, 3.05) is 19.5 Å². The SMILES string of the molecule is COCCn1c(SCC(=O)c2ccc3c(c2)CCC3)nnc1-c1ccncc1. The molecule has 2 aromatic heterocycles. The van der Waals surface area contributed by atoms with Crippen LogP contribution in [0.25, 0.3) is 11.4 Å². The van der Waals surface area contributed by atoms with Crippen LogP contribution in [-0.4, -0.2) is 45.0 Å². The zero-order chi connectivity index (χ0) is 19.3. The summed E-state index contributed by atoms with van der Waals surface area (Å²) in [6, 6.07) is 9.91. The molecule has 0 bridgehead atoms. The molecule has 0 fully saturated rings. The number of carbonyl (C=O) groups excluding carboxylic acids is 1. The summed E-state index contributed by atoms with van der Waals surface area (Å²) in [5.74, 6) is 1.21. The molecule has 2 heterocycles. The van der Waals surface area contributed by atoms with Crippen LogP contribution >= 0.6 is 11.8 Å². The maximum absolute atomic E-state index is 12.7. The molecule has 3 aromatic rings. The Labute approximate surface area is 168 Å². The van der Waals surface area contributed by atoms with Crippen molar-refractivity contribution >= 4 is 17.5 Å². The van der Waals surface area contributed by atoms with Gasteiger partial charge in [0.2, 0.25) is 0 Å². The number of Topliss-reactive ketones (excluding diaryl/α,β-unsaturated/α-hetero) is 1. The van der Waals surface area contributed by atoms with Crippen molar-refractivity contribution in [3.8, 4) is 11.4 Å². The minimum Gasteiger partial charge on any atom is -0.383 e. The number of fused-ring (bicyclic) bond motifs is 1. The van der Waals surface area contributed by atoms with Gasteiger partial charge in [0.15, 0.2) is 16.8 Å². The first-order valence-corrected chi connectivity index (χ1v) is 10.3. The van der Waals surface area contributed by atoms with E-state index in [1.165, 1.54) is 29.3 Å². The Morgan fingerprint density at radius 1 is 1.14 bits per heavy atom. The molecule has 144 valence electrons. The van der Waals surface area contributed by atoms with Crippen molar-refractivity contribution in [1.29, 1.82) is 0 Å². The highest BCUT2D eigenvalue weighted by molar-refractivity contribution is 7.99. The average molecular weight is 395 g/mol. The molecule has 0 unspecified atom stereocenters. The van der Waals surface area contributed by atoms with Crippen LogP contribution in [0, 0.1) is 0 Å². The maximum Gasteiger partial charge on any atom is 0.192 e. The largest absolute Gasteiger partial charge is 0.383 e. The molecule has 1 aliphatic carbocycles. The van der Waals surface area contributed by atoms with E-state index in [9.17, 15) is 4.79 Å². The highest BCUT2D eigenvalue weighted by Crippen LogP contribution is 2.26. The predicted octanol–water partition coefficient (Wildman–Crippen LogP) is 3.45. The summed E-state index contributed by atoms with van der Waals surface area (Å²) in [6.07, 6.45) is 6.84. The lowest BCUT2D eigenvalue weighted by Gasteiger charge is -2.09.